The number of carbonyl (C=O) groups excluding carboxylic acids is 2. The second kappa shape index (κ2) is 9.13. The zero-order chi connectivity index (χ0) is 22.8. The van der Waals surface area contributed by atoms with E-state index in [0.717, 1.165) is 31.8 Å². The molecule has 1 aliphatic rings. The molecule has 3 aromatic rings. The van der Waals surface area contributed by atoms with Crippen LogP contribution in [-0.4, -0.2) is 63.4 Å². The SMILES string of the molecule is C=C1NC(Cc2nc3ccc(Br)cc3[nH]2)N(Cc2ccccc2)CC(=O)N(C)C(=O)N1C. The molecule has 166 valence electrons. The molecule has 0 spiro atoms. The number of H-pyrrole nitrogens is 1. The third kappa shape index (κ3) is 4.68. The Morgan fingerprint density at radius 2 is 1.88 bits per heavy atom. The molecule has 1 aromatic heterocycles. The molecule has 9 heteroatoms. The third-order valence-electron chi connectivity index (χ3n) is 5.57. The highest BCUT2D eigenvalue weighted by Gasteiger charge is 2.31. The monoisotopic (exact) mass is 496 g/mol. The topological polar surface area (TPSA) is 84.6 Å². The van der Waals surface area contributed by atoms with Crippen LogP contribution in [0, 0.1) is 0 Å². The third-order valence-corrected chi connectivity index (χ3v) is 6.07. The number of imide groups is 1. The predicted molar refractivity (Wildman–Crippen MR) is 126 cm³/mol. The molecule has 1 unspecified atom stereocenters. The Morgan fingerprint density at radius 1 is 1.12 bits per heavy atom. The molecule has 2 N–H and O–H groups in total. The number of nitrogens with zero attached hydrogens (tertiary/aromatic N) is 4. The first-order valence-corrected chi connectivity index (χ1v) is 11.0. The molecular weight excluding hydrogens is 472 g/mol. The number of likely N-dealkylation sites (N-methyl/N-ethyl adjacent to an activating group) is 1. The summed E-state index contributed by atoms with van der Waals surface area (Å²) in [6.45, 7) is 4.62. The van der Waals surface area contributed by atoms with E-state index in [0.29, 0.717) is 18.8 Å². The van der Waals surface area contributed by atoms with Gasteiger partial charge >= 0.3 is 6.03 Å². The summed E-state index contributed by atoms with van der Waals surface area (Å²) in [6.07, 6.45) is 0.161. The van der Waals surface area contributed by atoms with Crippen LogP contribution in [0.5, 0.6) is 0 Å². The van der Waals surface area contributed by atoms with E-state index in [1.165, 1.54) is 11.9 Å². The van der Waals surface area contributed by atoms with Gasteiger partial charge in [-0.1, -0.05) is 52.8 Å². The molecule has 4 rings (SSSR count). The lowest BCUT2D eigenvalue weighted by molar-refractivity contribution is -0.129. The van der Waals surface area contributed by atoms with E-state index in [-0.39, 0.29) is 18.6 Å². The van der Waals surface area contributed by atoms with E-state index in [1.807, 2.05) is 53.4 Å². The normalized spacial score (nSPS) is 18.5. The Bertz CT molecular complexity index is 1160. The van der Waals surface area contributed by atoms with Crippen LogP contribution < -0.4 is 5.32 Å². The van der Waals surface area contributed by atoms with Crippen molar-refractivity contribution in [2.45, 2.75) is 19.1 Å². The lowest BCUT2D eigenvalue weighted by Gasteiger charge is -2.32. The fraction of sp³-hybridized carbons (Fsp3) is 0.261. The van der Waals surface area contributed by atoms with Gasteiger partial charge in [-0.25, -0.2) is 9.78 Å². The Labute approximate surface area is 195 Å². The number of rotatable bonds is 4. The van der Waals surface area contributed by atoms with Gasteiger partial charge < -0.3 is 10.3 Å². The van der Waals surface area contributed by atoms with Crippen molar-refractivity contribution in [2.75, 3.05) is 20.6 Å². The molecule has 0 bridgehead atoms. The highest BCUT2D eigenvalue weighted by molar-refractivity contribution is 9.10. The van der Waals surface area contributed by atoms with Crippen molar-refractivity contribution in [1.82, 2.24) is 30.0 Å². The maximum Gasteiger partial charge on any atom is 0.331 e. The lowest BCUT2D eigenvalue weighted by atomic mass is 10.2. The quantitative estimate of drug-likeness (QED) is 0.578. The molecule has 8 nitrogen and oxygen atoms in total. The minimum atomic E-state index is -0.429. The maximum atomic E-state index is 12.9. The summed E-state index contributed by atoms with van der Waals surface area (Å²) in [5, 5.41) is 3.34. The van der Waals surface area contributed by atoms with Gasteiger partial charge in [0.05, 0.1) is 23.7 Å². The fourth-order valence-corrected chi connectivity index (χ4v) is 4.06. The Morgan fingerprint density at radius 3 is 2.62 bits per heavy atom. The van der Waals surface area contributed by atoms with Gasteiger partial charge in [-0.05, 0) is 23.8 Å². The summed E-state index contributed by atoms with van der Waals surface area (Å²) in [5.41, 5.74) is 2.85. The number of nitrogens with one attached hydrogen (secondary N) is 2. The number of benzene rings is 2. The van der Waals surface area contributed by atoms with Crippen LogP contribution in [0.15, 0.2) is 65.4 Å². The first-order valence-electron chi connectivity index (χ1n) is 10.2. The van der Waals surface area contributed by atoms with Crippen LogP contribution in [0.3, 0.4) is 0 Å². The number of aromatic nitrogens is 2. The van der Waals surface area contributed by atoms with Crippen molar-refractivity contribution >= 4 is 38.9 Å². The summed E-state index contributed by atoms with van der Waals surface area (Å²) < 4.78 is 0.966. The number of urea groups is 1. The summed E-state index contributed by atoms with van der Waals surface area (Å²) >= 11 is 3.49. The summed E-state index contributed by atoms with van der Waals surface area (Å²) in [4.78, 5) is 38.1. The molecule has 2 aromatic carbocycles. The highest BCUT2D eigenvalue weighted by atomic mass is 79.9. The second-order valence-electron chi connectivity index (χ2n) is 7.84. The van der Waals surface area contributed by atoms with Crippen molar-refractivity contribution in [3.05, 3.63) is 76.8 Å². The molecule has 0 saturated carbocycles. The van der Waals surface area contributed by atoms with Crippen LogP contribution in [0.25, 0.3) is 11.0 Å². The first-order chi connectivity index (χ1) is 15.3. The van der Waals surface area contributed by atoms with E-state index in [2.05, 4.69) is 32.8 Å². The van der Waals surface area contributed by atoms with Gasteiger partial charge in [0.1, 0.15) is 11.6 Å². The van der Waals surface area contributed by atoms with Gasteiger partial charge in [0.2, 0.25) is 5.91 Å². The maximum absolute atomic E-state index is 12.9. The Hall–Kier alpha value is -3.17. The zero-order valence-electron chi connectivity index (χ0n) is 18.0. The molecular formula is C23H25BrN6O2. The minimum absolute atomic E-state index is 0.0711. The number of hydrogen-bond acceptors (Lipinski definition) is 5. The number of fused-ring (bicyclic) bond motifs is 1. The van der Waals surface area contributed by atoms with E-state index in [1.54, 1.807) is 7.05 Å². The van der Waals surface area contributed by atoms with Crippen molar-refractivity contribution in [2.24, 2.45) is 0 Å². The predicted octanol–water partition coefficient (Wildman–Crippen LogP) is 3.28. The van der Waals surface area contributed by atoms with Gasteiger partial charge in [-0.3, -0.25) is 19.5 Å². The van der Waals surface area contributed by atoms with Crippen LogP contribution in [0.1, 0.15) is 11.4 Å². The van der Waals surface area contributed by atoms with Gasteiger partial charge in [0, 0.05) is 31.5 Å². The minimum Gasteiger partial charge on any atom is -0.356 e. The average Bonchev–Trinajstić information content (AvgIpc) is 3.18. The average molecular weight is 497 g/mol. The van der Waals surface area contributed by atoms with Crippen molar-refractivity contribution in [1.29, 1.82) is 0 Å². The molecule has 2 heterocycles. The Kier molecular flexibility index (Phi) is 6.29. The largest absolute Gasteiger partial charge is 0.356 e. The Balaban J connectivity index is 1.69. The standard InChI is InChI=1S/C23H25BrN6O2/c1-15-25-21(12-20-26-18-10-9-17(24)11-19(18)27-20)30(13-16-7-5-4-6-8-16)14-22(31)29(3)23(32)28(15)2/h4-11,21,25H,1,12-14H2,2-3H3,(H,26,27). The summed E-state index contributed by atoms with van der Waals surface area (Å²) in [7, 11) is 3.09. The van der Waals surface area contributed by atoms with Crippen LogP contribution in [0.2, 0.25) is 0 Å². The van der Waals surface area contributed by atoms with E-state index < -0.39 is 6.03 Å². The molecule has 0 aliphatic carbocycles. The number of hydrogen-bond donors (Lipinski definition) is 2. The molecule has 1 fully saturated rings. The van der Waals surface area contributed by atoms with E-state index >= 15 is 0 Å². The zero-order valence-corrected chi connectivity index (χ0v) is 19.6. The highest BCUT2D eigenvalue weighted by Crippen LogP contribution is 2.20. The number of amides is 3. The number of carbonyl (C=O) groups is 2. The molecule has 0 radical (unpaired) electrons. The molecule has 3 amide bonds. The second-order valence-corrected chi connectivity index (χ2v) is 8.76. The molecule has 1 aliphatic heterocycles. The number of imidazole rings is 1. The van der Waals surface area contributed by atoms with Crippen LogP contribution in [-0.2, 0) is 17.8 Å². The molecule has 32 heavy (non-hydrogen) atoms. The van der Waals surface area contributed by atoms with Crippen LogP contribution in [0.4, 0.5) is 4.79 Å². The smallest absolute Gasteiger partial charge is 0.331 e. The van der Waals surface area contributed by atoms with Gasteiger partial charge in [-0.2, -0.15) is 0 Å². The summed E-state index contributed by atoms with van der Waals surface area (Å²) in [6, 6.07) is 15.4. The van der Waals surface area contributed by atoms with Crippen LogP contribution >= 0.6 is 15.9 Å². The van der Waals surface area contributed by atoms with E-state index in [9.17, 15) is 9.59 Å². The van der Waals surface area contributed by atoms with Crippen molar-refractivity contribution in [3.63, 3.8) is 0 Å². The molecule has 1 saturated heterocycles. The van der Waals surface area contributed by atoms with Crippen molar-refractivity contribution in [3.8, 4) is 0 Å². The summed E-state index contributed by atoms with van der Waals surface area (Å²) in [5.74, 6) is 0.904. The number of aromatic amines is 1. The lowest BCUT2D eigenvalue weighted by Crippen LogP contribution is -2.49. The van der Waals surface area contributed by atoms with Gasteiger partial charge in [0.25, 0.3) is 0 Å². The van der Waals surface area contributed by atoms with E-state index in [4.69, 9.17) is 4.98 Å². The van der Waals surface area contributed by atoms with Crippen molar-refractivity contribution < 1.29 is 9.59 Å². The van der Waals surface area contributed by atoms with Gasteiger partial charge in [-0.15, -0.1) is 0 Å². The van der Waals surface area contributed by atoms with Gasteiger partial charge in [0.15, 0.2) is 0 Å². The fourth-order valence-electron chi connectivity index (χ4n) is 3.70. The molecule has 1 atom stereocenters. The number of halogens is 1. The first kappa shape index (κ1) is 22.0.